The normalized spacial score (nSPS) is 10.5. The highest BCUT2D eigenvalue weighted by molar-refractivity contribution is 5.94. The number of halogens is 1. The van der Waals surface area contributed by atoms with Crippen LogP contribution in [0.5, 0.6) is 0 Å². The Labute approximate surface area is 124 Å². The van der Waals surface area contributed by atoms with Crippen LogP contribution in [0.3, 0.4) is 0 Å². The van der Waals surface area contributed by atoms with E-state index in [1.54, 1.807) is 12.1 Å². The van der Waals surface area contributed by atoms with Crippen molar-refractivity contribution in [1.29, 1.82) is 0 Å². The highest BCUT2D eigenvalue weighted by Crippen LogP contribution is 2.23. The van der Waals surface area contributed by atoms with Crippen molar-refractivity contribution in [3.63, 3.8) is 0 Å². The molecule has 4 heteroatoms. The number of rotatable bonds is 5. The molecular formula is C17H19FN2O. The van der Waals surface area contributed by atoms with E-state index in [4.69, 9.17) is 0 Å². The third kappa shape index (κ3) is 4.31. The van der Waals surface area contributed by atoms with Gasteiger partial charge in [0.15, 0.2) is 0 Å². The summed E-state index contributed by atoms with van der Waals surface area (Å²) in [6.07, 6.45) is 0. The van der Waals surface area contributed by atoms with E-state index in [-0.39, 0.29) is 18.3 Å². The summed E-state index contributed by atoms with van der Waals surface area (Å²) in [5, 5.41) is 5.86. The minimum atomic E-state index is -0.295. The van der Waals surface area contributed by atoms with E-state index in [1.165, 1.54) is 12.1 Å². The highest BCUT2D eigenvalue weighted by atomic mass is 19.1. The lowest BCUT2D eigenvalue weighted by molar-refractivity contribution is -0.114. The molecule has 0 heterocycles. The van der Waals surface area contributed by atoms with E-state index in [1.807, 2.05) is 24.3 Å². The van der Waals surface area contributed by atoms with Gasteiger partial charge >= 0.3 is 0 Å². The van der Waals surface area contributed by atoms with E-state index in [9.17, 15) is 9.18 Å². The summed E-state index contributed by atoms with van der Waals surface area (Å²) in [7, 11) is 0. The monoisotopic (exact) mass is 286 g/mol. The lowest BCUT2D eigenvalue weighted by atomic mass is 10.0. The quantitative estimate of drug-likeness (QED) is 0.872. The third-order valence-corrected chi connectivity index (χ3v) is 3.15. The van der Waals surface area contributed by atoms with Crippen LogP contribution in [0.2, 0.25) is 0 Å². The summed E-state index contributed by atoms with van der Waals surface area (Å²) in [6, 6.07) is 13.7. The van der Waals surface area contributed by atoms with Crippen LogP contribution in [-0.2, 0) is 4.79 Å². The van der Waals surface area contributed by atoms with E-state index in [2.05, 4.69) is 24.5 Å². The summed E-state index contributed by atoms with van der Waals surface area (Å²) in [6.45, 7) is 4.31. The van der Waals surface area contributed by atoms with Crippen LogP contribution >= 0.6 is 0 Å². The van der Waals surface area contributed by atoms with E-state index in [0.29, 0.717) is 11.6 Å². The fourth-order valence-electron chi connectivity index (χ4n) is 2.06. The minimum Gasteiger partial charge on any atom is -0.376 e. The standard InChI is InChI=1S/C17H19FN2O/c1-12(2)15-5-3-4-6-16(15)20-17(21)11-19-14-9-7-13(18)8-10-14/h3-10,12,19H,11H2,1-2H3,(H,20,21). The first-order chi connectivity index (χ1) is 10.1. The fourth-order valence-corrected chi connectivity index (χ4v) is 2.06. The smallest absolute Gasteiger partial charge is 0.243 e. The molecule has 0 aliphatic rings. The maximum absolute atomic E-state index is 12.8. The number of benzene rings is 2. The first-order valence-corrected chi connectivity index (χ1v) is 6.94. The second-order valence-electron chi connectivity index (χ2n) is 5.15. The molecule has 3 nitrogen and oxygen atoms in total. The molecule has 0 saturated carbocycles. The molecule has 0 atom stereocenters. The van der Waals surface area contributed by atoms with Gasteiger partial charge in [-0.3, -0.25) is 4.79 Å². The SMILES string of the molecule is CC(C)c1ccccc1NC(=O)CNc1ccc(F)cc1. The Balaban J connectivity index is 1.94. The zero-order chi connectivity index (χ0) is 15.2. The molecule has 0 fully saturated rings. The van der Waals surface area contributed by atoms with Crippen molar-refractivity contribution >= 4 is 17.3 Å². The third-order valence-electron chi connectivity index (χ3n) is 3.15. The maximum atomic E-state index is 12.8. The maximum Gasteiger partial charge on any atom is 0.243 e. The molecule has 2 rings (SSSR count). The van der Waals surface area contributed by atoms with Crippen molar-refractivity contribution in [2.75, 3.05) is 17.2 Å². The van der Waals surface area contributed by atoms with Gasteiger partial charge in [0.05, 0.1) is 6.54 Å². The average Bonchev–Trinajstić information content (AvgIpc) is 2.47. The number of carbonyl (C=O) groups is 1. The minimum absolute atomic E-state index is 0.132. The van der Waals surface area contributed by atoms with Crippen molar-refractivity contribution in [2.24, 2.45) is 0 Å². The fraction of sp³-hybridized carbons (Fsp3) is 0.235. The van der Waals surface area contributed by atoms with Crippen LogP contribution in [0.1, 0.15) is 25.3 Å². The summed E-state index contributed by atoms with van der Waals surface area (Å²) >= 11 is 0. The zero-order valence-corrected chi connectivity index (χ0v) is 12.2. The summed E-state index contributed by atoms with van der Waals surface area (Å²) < 4.78 is 12.8. The Hall–Kier alpha value is -2.36. The zero-order valence-electron chi connectivity index (χ0n) is 12.2. The molecular weight excluding hydrogens is 267 g/mol. The molecule has 0 aliphatic heterocycles. The van der Waals surface area contributed by atoms with Crippen molar-refractivity contribution in [2.45, 2.75) is 19.8 Å². The molecule has 0 aromatic heterocycles. The van der Waals surface area contributed by atoms with Crippen molar-refractivity contribution in [1.82, 2.24) is 0 Å². The Morgan fingerprint density at radius 1 is 1.10 bits per heavy atom. The number of nitrogens with one attached hydrogen (secondary N) is 2. The molecule has 2 aromatic carbocycles. The lowest BCUT2D eigenvalue weighted by Crippen LogP contribution is -2.22. The molecule has 0 radical (unpaired) electrons. The van der Waals surface area contributed by atoms with Gasteiger partial charge in [-0.1, -0.05) is 32.0 Å². The molecule has 2 aromatic rings. The van der Waals surface area contributed by atoms with Crippen molar-refractivity contribution < 1.29 is 9.18 Å². The van der Waals surface area contributed by atoms with Gasteiger partial charge in [0.25, 0.3) is 0 Å². The van der Waals surface area contributed by atoms with Gasteiger partial charge in [0, 0.05) is 11.4 Å². The van der Waals surface area contributed by atoms with Crippen LogP contribution < -0.4 is 10.6 Å². The topological polar surface area (TPSA) is 41.1 Å². The molecule has 0 saturated heterocycles. The van der Waals surface area contributed by atoms with Crippen LogP contribution in [0.4, 0.5) is 15.8 Å². The lowest BCUT2D eigenvalue weighted by Gasteiger charge is -2.14. The molecule has 2 N–H and O–H groups in total. The van der Waals surface area contributed by atoms with Crippen LogP contribution in [-0.4, -0.2) is 12.5 Å². The van der Waals surface area contributed by atoms with Gasteiger partial charge in [0.1, 0.15) is 5.82 Å². The molecule has 0 bridgehead atoms. The van der Waals surface area contributed by atoms with Gasteiger partial charge in [-0.15, -0.1) is 0 Å². The number of hydrogen-bond donors (Lipinski definition) is 2. The van der Waals surface area contributed by atoms with Crippen molar-refractivity contribution in [3.8, 4) is 0 Å². The van der Waals surface area contributed by atoms with Gasteiger partial charge in [-0.2, -0.15) is 0 Å². The van der Waals surface area contributed by atoms with Gasteiger partial charge in [0.2, 0.25) is 5.91 Å². The number of hydrogen-bond acceptors (Lipinski definition) is 2. The molecule has 21 heavy (non-hydrogen) atoms. The molecule has 0 aliphatic carbocycles. The van der Waals surface area contributed by atoms with Crippen molar-refractivity contribution in [3.05, 3.63) is 59.9 Å². The number of carbonyl (C=O) groups excluding carboxylic acids is 1. The number of amides is 1. The number of anilines is 2. The first kappa shape index (κ1) is 15.0. The van der Waals surface area contributed by atoms with Crippen LogP contribution in [0.25, 0.3) is 0 Å². The van der Waals surface area contributed by atoms with E-state index in [0.717, 1.165) is 11.3 Å². The van der Waals surface area contributed by atoms with Gasteiger partial charge in [-0.05, 0) is 41.8 Å². The molecule has 0 spiro atoms. The van der Waals surface area contributed by atoms with Crippen LogP contribution in [0, 0.1) is 5.82 Å². The summed E-state index contributed by atoms with van der Waals surface area (Å²) in [4.78, 5) is 12.0. The molecule has 1 amide bonds. The summed E-state index contributed by atoms with van der Waals surface area (Å²) in [5.74, 6) is -0.0881. The largest absolute Gasteiger partial charge is 0.376 e. The molecule has 110 valence electrons. The first-order valence-electron chi connectivity index (χ1n) is 6.94. The summed E-state index contributed by atoms with van der Waals surface area (Å²) in [5.41, 5.74) is 2.65. The van der Waals surface area contributed by atoms with E-state index < -0.39 is 0 Å². The highest BCUT2D eigenvalue weighted by Gasteiger charge is 2.08. The average molecular weight is 286 g/mol. The Bertz CT molecular complexity index is 608. The second-order valence-corrected chi connectivity index (χ2v) is 5.15. The number of para-hydroxylation sites is 1. The van der Waals surface area contributed by atoms with Gasteiger partial charge < -0.3 is 10.6 Å². The predicted octanol–water partition coefficient (Wildman–Crippen LogP) is 4.00. The van der Waals surface area contributed by atoms with Crippen LogP contribution in [0.15, 0.2) is 48.5 Å². The Morgan fingerprint density at radius 3 is 2.43 bits per heavy atom. The molecule has 0 unspecified atom stereocenters. The Kier molecular flexibility index (Phi) is 4.93. The Morgan fingerprint density at radius 2 is 1.76 bits per heavy atom. The van der Waals surface area contributed by atoms with E-state index >= 15 is 0 Å². The second kappa shape index (κ2) is 6.88. The van der Waals surface area contributed by atoms with Gasteiger partial charge in [-0.25, -0.2) is 4.39 Å². The predicted molar refractivity (Wildman–Crippen MR) is 84.1 cm³/mol.